The SMILES string of the molecule is COc1cccc(N2CCN(C(=O)N3c4ccccc4Sc4ccccc43)CC2C)c1. The van der Waals surface area contributed by atoms with Crippen LogP contribution in [0.2, 0.25) is 0 Å². The number of rotatable bonds is 2. The number of fused-ring (bicyclic) bond motifs is 2. The van der Waals surface area contributed by atoms with E-state index in [2.05, 4.69) is 36.1 Å². The van der Waals surface area contributed by atoms with Gasteiger partial charge in [-0.2, -0.15) is 0 Å². The van der Waals surface area contributed by atoms with Gasteiger partial charge in [0.2, 0.25) is 0 Å². The fraction of sp³-hybridized carbons (Fsp3) is 0.240. The smallest absolute Gasteiger partial charge is 0.329 e. The molecule has 3 aromatic carbocycles. The van der Waals surface area contributed by atoms with Crippen LogP contribution in [-0.4, -0.2) is 43.7 Å². The van der Waals surface area contributed by atoms with E-state index in [-0.39, 0.29) is 12.1 Å². The van der Waals surface area contributed by atoms with Crippen molar-refractivity contribution in [3.8, 4) is 5.75 Å². The number of methoxy groups -OCH3 is 1. The van der Waals surface area contributed by atoms with E-state index in [0.717, 1.165) is 39.1 Å². The molecule has 2 aliphatic rings. The van der Waals surface area contributed by atoms with Crippen molar-refractivity contribution < 1.29 is 9.53 Å². The molecule has 0 aromatic heterocycles. The van der Waals surface area contributed by atoms with Gasteiger partial charge in [-0.15, -0.1) is 0 Å². The van der Waals surface area contributed by atoms with Gasteiger partial charge in [0.15, 0.2) is 0 Å². The minimum Gasteiger partial charge on any atom is -0.497 e. The van der Waals surface area contributed by atoms with Crippen molar-refractivity contribution in [2.75, 3.05) is 36.5 Å². The third-order valence-electron chi connectivity index (χ3n) is 5.91. The maximum atomic E-state index is 13.8. The minimum atomic E-state index is 0.0392. The summed E-state index contributed by atoms with van der Waals surface area (Å²) >= 11 is 1.72. The van der Waals surface area contributed by atoms with Crippen LogP contribution in [0.25, 0.3) is 0 Å². The lowest BCUT2D eigenvalue weighted by molar-refractivity contribution is 0.195. The summed E-state index contributed by atoms with van der Waals surface area (Å²) < 4.78 is 5.39. The summed E-state index contributed by atoms with van der Waals surface area (Å²) in [5.74, 6) is 0.849. The molecule has 0 aliphatic carbocycles. The van der Waals surface area contributed by atoms with Crippen LogP contribution in [0.3, 0.4) is 0 Å². The predicted octanol–water partition coefficient (Wildman–Crippen LogP) is 5.63. The summed E-state index contributed by atoms with van der Waals surface area (Å²) in [4.78, 5) is 22.2. The van der Waals surface area contributed by atoms with Crippen molar-refractivity contribution in [2.45, 2.75) is 22.8 Å². The monoisotopic (exact) mass is 431 g/mol. The highest BCUT2D eigenvalue weighted by Gasteiger charge is 2.34. The van der Waals surface area contributed by atoms with E-state index in [1.165, 1.54) is 0 Å². The van der Waals surface area contributed by atoms with E-state index >= 15 is 0 Å². The van der Waals surface area contributed by atoms with Crippen molar-refractivity contribution in [1.82, 2.24) is 4.90 Å². The second-order valence-electron chi connectivity index (χ2n) is 7.85. The van der Waals surface area contributed by atoms with Gasteiger partial charge in [-0.25, -0.2) is 4.79 Å². The Morgan fingerprint density at radius 1 is 0.935 bits per heavy atom. The van der Waals surface area contributed by atoms with E-state index in [1.54, 1.807) is 18.9 Å². The van der Waals surface area contributed by atoms with Gasteiger partial charge < -0.3 is 14.5 Å². The number of benzene rings is 3. The highest BCUT2D eigenvalue weighted by atomic mass is 32.2. The molecule has 6 heteroatoms. The Hall–Kier alpha value is -3.12. The van der Waals surface area contributed by atoms with E-state index in [1.807, 2.05) is 58.3 Å². The number of ether oxygens (including phenoxy) is 1. The first-order chi connectivity index (χ1) is 15.2. The van der Waals surface area contributed by atoms with Gasteiger partial charge in [0.25, 0.3) is 0 Å². The van der Waals surface area contributed by atoms with Crippen LogP contribution in [-0.2, 0) is 0 Å². The summed E-state index contributed by atoms with van der Waals surface area (Å²) in [6, 6.07) is 24.6. The zero-order valence-corrected chi connectivity index (χ0v) is 18.5. The van der Waals surface area contributed by atoms with Gasteiger partial charge in [0, 0.05) is 47.2 Å². The van der Waals surface area contributed by atoms with Crippen LogP contribution in [0.4, 0.5) is 21.9 Å². The molecule has 5 nitrogen and oxygen atoms in total. The first-order valence-corrected chi connectivity index (χ1v) is 11.3. The summed E-state index contributed by atoms with van der Waals surface area (Å²) in [6.45, 7) is 4.30. The van der Waals surface area contributed by atoms with E-state index in [0.29, 0.717) is 13.1 Å². The lowest BCUT2D eigenvalue weighted by Gasteiger charge is -2.43. The average Bonchev–Trinajstić information content (AvgIpc) is 2.82. The average molecular weight is 432 g/mol. The molecule has 0 bridgehead atoms. The maximum Gasteiger partial charge on any atom is 0.329 e. The number of para-hydroxylation sites is 2. The predicted molar refractivity (Wildman–Crippen MR) is 126 cm³/mol. The number of hydrogen-bond acceptors (Lipinski definition) is 4. The molecule has 31 heavy (non-hydrogen) atoms. The molecular formula is C25H25N3O2S. The molecule has 1 atom stereocenters. The quantitative estimate of drug-likeness (QED) is 0.527. The van der Waals surface area contributed by atoms with Crippen molar-refractivity contribution in [2.24, 2.45) is 0 Å². The van der Waals surface area contributed by atoms with Gasteiger partial charge in [-0.05, 0) is 43.3 Å². The molecule has 0 saturated carbocycles. The van der Waals surface area contributed by atoms with Crippen LogP contribution in [0.5, 0.6) is 5.75 Å². The summed E-state index contributed by atoms with van der Waals surface area (Å²) in [5, 5.41) is 0. The molecule has 1 unspecified atom stereocenters. The molecule has 0 N–H and O–H groups in total. The van der Waals surface area contributed by atoms with Gasteiger partial charge in [-0.3, -0.25) is 4.90 Å². The molecule has 1 saturated heterocycles. The second kappa shape index (κ2) is 8.19. The summed E-state index contributed by atoms with van der Waals surface area (Å²) in [7, 11) is 1.69. The number of anilines is 3. The molecule has 2 amide bonds. The molecular weight excluding hydrogens is 406 g/mol. The van der Waals surface area contributed by atoms with Crippen molar-refractivity contribution in [3.63, 3.8) is 0 Å². The third-order valence-corrected chi connectivity index (χ3v) is 7.04. The number of carbonyl (C=O) groups is 1. The van der Waals surface area contributed by atoms with E-state index in [4.69, 9.17) is 4.74 Å². The lowest BCUT2D eigenvalue weighted by atomic mass is 10.1. The molecule has 2 heterocycles. The highest BCUT2D eigenvalue weighted by Crippen LogP contribution is 2.48. The minimum absolute atomic E-state index is 0.0392. The van der Waals surface area contributed by atoms with E-state index in [9.17, 15) is 4.79 Å². The highest BCUT2D eigenvalue weighted by molar-refractivity contribution is 7.99. The summed E-state index contributed by atoms with van der Waals surface area (Å²) in [5.41, 5.74) is 3.04. The fourth-order valence-corrected chi connectivity index (χ4v) is 5.41. The number of amides is 2. The first kappa shape index (κ1) is 19.8. The Balaban J connectivity index is 1.41. The van der Waals surface area contributed by atoms with Crippen LogP contribution >= 0.6 is 11.8 Å². The molecule has 0 radical (unpaired) electrons. The zero-order chi connectivity index (χ0) is 21.4. The van der Waals surface area contributed by atoms with Gasteiger partial charge in [0.05, 0.1) is 18.5 Å². The molecule has 1 fully saturated rings. The topological polar surface area (TPSA) is 36.0 Å². The van der Waals surface area contributed by atoms with Crippen LogP contribution in [0.15, 0.2) is 82.6 Å². The standard InChI is InChI=1S/C25H25N3O2S/c1-18-17-26(14-15-27(18)19-8-7-9-20(16-19)30-2)25(29)28-21-10-3-5-12-23(21)31-24-13-6-4-11-22(24)28/h3-13,16,18H,14-15,17H2,1-2H3. The number of urea groups is 1. The van der Waals surface area contributed by atoms with Gasteiger partial charge in [-0.1, -0.05) is 42.1 Å². The molecule has 158 valence electrons. The van der Waals surface area contributed by atoms with Gasteiger partial charge in [0.1, 0.15) is 5.75 Å². The number of piperazine rings is 1. The Labute approximate surface area is 187 Å². The Bertz CT molecular complexity index is 1070. The molecule has 5 rings (SSSR count). The molecule has 0 spiro atoms. The van der Waals surface area contributed by atoms with Crippen LogP contribution in [0.1, 0.15) is 6.92 Å². The van der Waals surface area contributed by atoms with Crippen LogP contribution < -0.4 is 14.5 Å². The fourth-order valence-electron chi connectivity index (χ4n) is 4.36. The molecule has 3 aromatic rings. The Morgan fingerprint density at radius 3 is 2.26 bits per heavy atom. The summed E-state index contributed by atoms with van der Waals surface area (Å²) in [6.07, 6.45) is 0. The van der Waals surface area contributed by atoms with Gasteiger partial charge >= 0.3 is 6.03 Å². The third kappa shape index (κ3) is 3.61. The van der Waals surface area contributed by atoms with Crippen molar-refractivity contribution in [1.29, 1.82) is 0 Å². The molecule has 2 aliphatic heterocycles. The first-order valence-electron chi connectivity index (χ1n) is 10.5. The second-order valence-corrected chi connectivity index (χ2v) is 8.93. The number of carbonyl (C=O) groups excluding carboxylic acids is 1. The lowest BCUT2D eigenvalue weighted by Crippen LogP contribution is -2.56. The number of hydrogen-bond donors (Lipinski definition) is 0. The largest absolute Gasteiger partial charge is 0.497 e. The van der Waals surface area contributed by atoms with Crippen molar-refractivity contribution >= 4 is 34.9 Å². The van der Waals surface area contributed by atoms with Crippen molar-refractivity contribution in [3.05, 3.63) is 72.8 Å². The Morgan fingerprint density at radius 2 is 1.61 bits per heavy atom. The van der Waals surface area contributed by atoms with Crippen LogP contribution in [0, 0.1) is 0 Å². The zero-order valence-electron chi connectivity index (χ0n) is 17.7. The normalized spacial score (nSPS) is 17.7. The maximum absolute atomic E-state index is 13.8. The number of nitrogens with zero attached hydrogens (tertiary/aromatic N) is 3. The van der Waals surface area contributed by atoms with E-state index < -0.39 is 0 Å². The Kier molecular flexibility index (Phi) is 5.24.